The molecule has 146 valence electrons. The summed E-state index contributed by atoms with van der Waals surface area (Å²) >= 11 is 0. The lowest BCUT2D eigenvalue weighted by molar-refractivity contribution is -0.169. The highest BCUT2D eigenvalue weighted by Crippen LogP contribution is 2.41. The molecule has 0 radical (unpaired) electrons. The number of rotatable bonds is 5. The van der Waals surface area contributed by atoms with Gasteiger partial charge in [-0.05, 0) is 48.0 Å². The van der Waals surface area contributed by atoms with Crippen molar-refractivity contribution in [1.82, 2.24) is 5.06 Å². The first-order chi connectivity index (χ1) is 11.5. The molecule has 0 aromatic rings. The van der Waals surface area contributed by atoms with Gasteiger partial charge < -0.3 is 19.3 Å². The molecule has 7 nitrogen and oxygen atoms in total. The topological polar surface area (TPSA) is 77.5 Å². The van der Waals surface area contributed by atoms with Gasteiger partial charge in [0.25, 0.3) is 0 Å². The molecule has 2 heterocycles. The van der Waals surface area contributed by atoms with Crippen molar-refractivity contribution in [2.75, 3.05) is 20.3 Å². The first-order valence-electron chi connectivity index (χ1n) is 8.94. The van der Waals surface area contributed by atoms with Gasteiger partial charge in [0.15, 0.2) is 0 Å². The van der Waals surface area contributed by atoms with Gasteiger partial charge in [0.05, 0.1) is 37.0 Å². The summed E-state index contributed by atoms with van der Waals surface area (Å²) in [6.07, 6.45) is -0.581. The Labute approximate surface area is 150 Å². The number of aliphatic hydroxyl groups excluding tert-OH is 1. The number of ether oxygens (including phenoxy) is 3. The molecule has 2 aliphatic heterocycles. The largest absolute Gasteiger partial charge is 0.469 e. The van der Waals surface area contributed by atoms with Crippen LogP contribution >= 0.6 is 0 Å². The number of hydroxylamine groups is 2. The number of hydrogen-bond acceptors (Lipinski definition) is 7. The van der Waals surface area contributed by atoms with Gasteiger partial charge in [-0.15, -0.1) is 0 Å². The second-order valence-corrected chi connectivity index (χ2v) is 8.76. The van der Waals surface area contributed by atoms with Gasteiger partial charge in [0.2, 0.25) is 0 Å². The molecule has 0 saturated carbocycles. The summed E-state index contributed by atoms with van der Waals surface area (Å²) in [7, 11) is 1.37. The Kier molecular flexibility index (Phi) is 6.16. The summed E-state index contributed by atoms with van der Waals surface area (Å²) in [6, 6.07) is -0.296. The SMILES string of the molecule is COC(=O)[C@@H]1[C@H]2[C@H](OC(C)(C)C)[C@@H](OC(C)(C)C)CN2O[C@@H]1CCO. The maximum atomic E-state index is 12.4. The van der Waals surface area contributed by atoms with Crippen molar-refractivity contribution < 1.29 is 28.9 Å². The zero-order valence-electron chi connectivity index (χ0n) is 16.4. The van der Waals surface area contributed by atoms with Gasteiger partial charge in [0.1, 0.15) is 18.1 Å². The summed E-state index contributed by atoms with van der Waals surface area (Å²) in [5, 5.41) is 11.1. The maximum absolute atomic E-state index is 12.4. The molecule has 0 bridgehead atoms. The Morgan fingerprint density at radius 2 is 1.76 bits per heavy atom. The van der Waals surface area contributed by atoms with E-state index in [2.05, 4.69) is 0 Å². The Morgan fingerprint density at radius 1 is 1.16 bits per heavy atom. The average Bonchev–Trinajstić information content (AvgIpc) is 2.92. The molecule has 0 aliphatic carbocycles. The van der Waals surface area contributed by atoms with Crippen LogP contribution in [-0.4, -0.2) is 72.0 Å². The minimum atomic E-state index is -0.516. The van der Waals surface area contributed by atoms with Crippen LogP contribution in [0.3, 0.4) is 0 Å². The predicted octanol–water partition coefficient (Wildman–Crippen LogP) is 1.52. The van der Waals surface area contributed by atoms with Gasteiger partial charge in [-0.25, -0.2) is 0 Å². The van der Waals surface area contributed by atoms with Crippen LogP contribution in [0, 0.1) is 5.92 Å². The number of nitrogens with zero attached hydrogens (tertiary/aromatic N) is 1. The van der Waals surface area contributed by atoms with Crippen LogP contribution in [0.15, 0.2) is 0 Å². The lowest BCUT2D eigenvalue weighted by Gasteiger charge is -2.35. The molecule has 1 N–H and O–H groups in total. The van der Waals surface area contributed by atoms with Crippen LogP contribution in [0.5, 0.6) is 0 Å². The minimum absolute atomic E-state index is 0.0502. The zero-order valence-corrected chi connectivity index (χ0v) is 16.4. The third-order valence-corrected chi connectivity index (χ3v) is 4.32. The molecule has 2 fully saturated rings. The molecule has 0 aromatic heterocycles. The fourth-order valence-electron chi connectivity index (χ4n) is 3.64. The van der Waals surface area contributed by atoms with E-state index in [0.717, 1.165) is 0 Å². The molecular weight excluding hydrogens is 326 g/mol. The van der Waals surface area contributed by atoms with Crippen molar-refractivity contribution in [3.8, 4) is 0 Å². The Hall–Kier alpha value is -0.730. The number of carbonyl (C=O) groups excluding carboxylic acids is 1. The molecule has 7 heteroatoms. The van der Waals surface area contributed by atoms with Crippen molar-refractivity contribution >= 4 is 5.97 Å². The van der Waals surface area contributed by atoms with Crippen LogP contribution in [0.1, 0.15) is 48.0 Å². The van der Waals surface area contributed by atoms with Gasteiger partial charge in [0, 0.05) is 6.61 Å². The Balaban J connectivity index is 2.31. The van der Waals surface area contributed by atoms with Crippen molar-refractivity contribution in [2.45, 2.75) is 83.5 Å². The smallest absolute Gasteiger partial charge is 0.313 e. The fraction of sp³-hybridized carbons (Fsp3) is 0.944. The monoisotopic (exact) mass is 359 g/mol. The lowest BCUT2D eigenvalue weighted by atomic mass is 9.89. The Bertz CT molecular complexity index is 469. The molecule has 0 spiro atoms. The van der Waals surface area contributed by atoms with Crippen LogP contribution in [0.25, 0.3) is 0 Å². The number of carbonyl (C=O) groups is 1. The highest BCUT2D eigenvalue weighted by molar-refractivity contribution is 5.74. The molecule has 0 aromatic carbocycles. The maximum Gasteiger partial charge on any atom is 0.313 e. The van der Waals surface area contributed by atoms with E-state index < -0.39 is 17.6 Å². The predicted molar refractivity (Wildman–Crippen MR) is 91.8 cm³/mol. The van der Waals surface area contributed by atoms with E-state index in [1.54, 1.807) is 5.06 Å². The van der Waals surface area contributed by atoms with E-state index in [4.69, 9.17) is 19.0 Å². The lowest BCUT2D eigenvalue weighted by Crippen LogP contribution is -2.48. The summed E-state index contributed by atoms with van der Waals surface area (Å²) in [6.45, 7) is 12.4. The summed E-state index contributed by atoms with van der Waals surface area (Å²) in [4.78, 5) is 18.4. The van der Waals surface area contributed by atoms with Crippen molar-refractivity contribution in [3.63, 3.8) is 0 Å². The normalized spacial score (nSPS) is 33.5. The molecule has 25 heavy (non-hydrogen) atoms. The first kappa shape index (κ1) is 20.6. The van der Waals surface area contributed by atoms with Gasteiger partial charge in [-0.3, -0.25) is 9.63 Å². The van der Waals surface area contributed by atoms with Crippen LogP contribution in [-0.2, 0) is 23.8 Å². The molecule has 0 unspecified atom stereocenters. The van der Waals surface area contributed by atoms with Crippen LogP contribution in [0.2, 0.25) is 0 Å². The Morgan fingerprint density at radius 3 is 2.24 bits per heavy atom. The highest BCUT2D eigenvalue weighted by atomic mass is 16.7. The number of esters is 1. The second kappa shape index (κ2) is 7.48. The number of aliphatic hydroxyl groups is 1. The van der Waals surface area contributed by atoms with E-state index >= 15 is 0 Å². The standard InChI is InChI=1S/C18H33NO6/c1-17(2,3)23-12-10-19-14(15(12)24-18(4,5)6)13(16(21)22-7)11(25-19)8-9-20/h11-15,20H,8-10H2,1-7H3/t11-,12+,13+,14+,15-/m1/s1. The van der Waals surface area contributed by atoms with Crippen molar-refractivity contribution in [3.05, 3.63) is 0 Å². The molecular formula is C18H33NO6. The molecule has 0 amide bonds. The van der Waals surface area contributed by atoms with Crippen LogP contribution in [0.4, 0.5) is 0 Å². The van der Waals surface area contributed by atoms with Crippen LogP contribution < -0.4 is 0 Å². The number of hydrogen-bond donors (Lipinski definition) is 1. The minimum Gasteiger partial charge on any atom is -0.469 e. The quantitative estimate of drug-likeness (QED) is 0.746. The highest BCUT2D eigenvalue weighted by Gasteiger charge is 2.59. The van der Waals surface area contributed by atoms with Gasteiger partial charge in [-0.1, -0.05) is 0 Å². The number of methoxy groups -OCH3 is 1. The van der Waals surface area contributed by atoms with E-state index in [-0.39, 0.29) is 36.4 Å². The van der Waals surface area contributed by atoms with E-state index in [1.165, 1.54) is 7.11 Å². The van der Waals surface area contributed by atoms with E-state index in [0.29, 0.717) is 13.0 Å². The van der Waals surface area contributed by atoms with Gasteiger partial charge >= 0.3 is 5.97 Å². The first-order valence-corrected chi connectivity index (χ1v) is 8.94. The van der Waals surface area contributed by atoms with Crippen molar-refractivity contribution in [2.24, 2.45) is 5.92 Å². The summed E-state index contributed by atoms with van der Waals surface area (Å²) < 4.78 is 17.5. The average molecular weight is 359 g/mol. The zero-order chi connectivity index (χ0) is 19.0. The molecule has 2 aliphatic rings. The molecule has 2 saturated heterocycles. The summed E-state index contributed by atoms with van der Waals surface area (Å²) in [5.74, 6) is -0.858. The molecule has 2 rings (SSSR count). The third-order valence-electron chi connectivity index (χ3n) is 4.32. The molecule has 5 atom stereocenters. The number of fused-ring (bicyclic) bond motifs is 1. The second-order valence-electron chi connectivity index (χ2n) is 8.76. The fourth-order valence-corrected chi connectivity index (χ4v) is 3.64. The van der Waals surface area contributed by atoms with E-state index in [9.17, 15) is 9.90 Å². The summed E-state index contributed by atoms with van der Waals surface area (Å²) in [5.41, 5.74) is -0.731. The van der Waals surface area contributed by atoms with Gasteiger partial charge in [-0.2, -0.15) is 5.06 Å². The third kappa shape index (κ3) is 4.92. The van der Waals surface area contributed by atoms with E-state index in [1.807, 2.05) is 41.5 Å². The van der Waals surface area contributed by atoms with Crippen molar-refractivity contribution in [1.29, 1.82) is 0 Å².